The molecule has 2 saturated heterocycles. The molecule has 0 bridgehead atoms. The van der Waals surface area contributed by atoms with Crippen LogP contribution in [0.4, 0.5) is 0 Å². The molecule has 2 fully saturated rings. The Morgan fingerprint density at radius 3 is 2.61 bits per heavy atom. The molecule has 2 heterocycles. The van der Waals surface area contributed by atoms with Crippen molar-refractivity contribution in [1.29, 1.82) is 0 Å². The van der Waals surface area contributed by atoms with Crippen molar-refractivity contribution in [3.63, 3.8) is 0 Å². The van der Waals surface area contributed by atoms with Crippen molar-refractivity contribution < 1.29 is 14.3 Å². The van der Waals surface area contributed by atoms with E-state index < -0.39 is 5.79 Å². The first-order valence-corrected chi connectivity index (χ1v) is 6.38. The quantitative estimate of drug-likeness (QED) is 0.739. The fourth-order valence-corrected chi connectivity index (χ4v) is 2.12. The summed E-state index contributed by atoms with van der Waals surface area (Å²) >= 11 is 0. The number of hydrogen-bond donors (Lipinski definition) is 1. The maximum atomic E-state index is 11.7. The summed E-state index contributed by atoms with van der Waals surface area (Å²) in [5, 5.41) is 4.17. The second-order valence-electron chi connectivity index (χ2n) is 5.02. The average molecular weight is 255 g/mol. The third-order valence-electron chi connectivity index (χ3n) is 3.28. The normalized spacial score (nSPS) is 24.0. The van der Waals surface area contributed by atoms with Crippen molar-refractivity contribution in [1.82, 2.24) is 10.3 Å². The number of hydrogen-bond acceptors (Lipinski definition) is 5. The fraction of sp³-hybridized carbons (Fsp3) is 0.833. The number of piperidine rings is 1. The fourth-order valence-electron chi connectivity index (χ4n) is 2.12. The van der Waals surface area contributed by atoms with E-state index in [1.165, 1.54) is 0 Å². The molecule has 6 heteroatoms. The van der Waals surface area contributed by atoms with Crippen LogP contribution in [0.2, 0.25) is 0 Å². The van der Waals surface area contributed by atoms with Crippen LogP contribution >= 0.6 is 0 Å². The van der Waals surface area contributed by atoms with Crippen molar-refractivity contribution in [3.05, 3.63) is 0 Å². The Bertz CT molecular complexity index is 327. The number of likely N-dealkylation sites (tertiary alicyclic amines) is 1. The van der Waals surface area contributed by atoms with Crippen LogP contribution in [0.1, 0.15) is 26.2 Å². The van der Waals surface area contributed by atoms with E-state index in [9.17, 15) is 4.79 Å². The minimum atomic E-state index is -0.781. The molecule has 1 amide bonds. The lowest BCUT2D eigenvalue weighted by Gasteiger charge is -2.23. The van der Waals surface area contributed by atoms with Gasteiger partial charge in [0.2, 0.25) is 5.91 Å². The van der Waals surface area contributed by atoms with Crippen LogP contribution in [0.5, 0.6) is 0 Å². The van der Waals surface area contributed by atoms with Gasteiger partial charge in [-0.15, -0.1) is 0 Å². The first kappa shape index (κ1) is 13.5. The minimum absolute atomic E-state index is 0.161. The van der Waals surface area contributed by atoms with Gasteiger partial charge in [-0.1, -0.05) is 0 Å². The summed E-state index contributed by atoms with van der Waals surface area (Å²) in [6, 6.07) is 0. The van der Waals surface area contributed by atoms with E-state index in [0.717, 1.165) is 31.6 Å². The molecule has 2 aliphatic rings. The van der Waals surface area contributed by atoms with Gasteiger partial charge >= 0.3 is 0 Å². The Morgan fingerprint density at radius 2 is 2.00 bits per heavy atom. The molecule has 0 aromatic heterocycles. The zero-order valence-electron chi connectivity index (χ0n) is 11.1. The topological polar surface area (TPSA) is 63.2 Å². The molecule has 0 radical (unpaired) electrons. The maximum Gasteiger partial charge on any atom is 0.245 e. The summed E-state index contributed by atoms with van der Waals surface area (Å²) in [4.78, 5) is 14.0. The largest absolute Gasteiger partial charge is 0.347 e. The van der Waals surface area contributed by atoms with Crippen molar-refractivity contribution in [2.45, 2.75) is 32.0 Å². The molecule has 2 rings (SSSR count). The molecule has 102 valence electrons. The molecule has 1 N–H and O–H groups in total. The predicted octanol–water partition coefficient (Wildman–Crippen LogP) is 0.337. The Labute approximate surface area is 107 Å². The second kappa shape index (κ2) is 5.77. The summed E-state index contributed by atoms with van der Waals surface area (Å²) in [6.07, 6.45) is 2.02. The van der Waals surface area contributed by atoms with Gasteiger partial charge in [0, 0.05) is 31.6 Å². The molecule has 0 aromatic carbocycles. The van der Waals surface area contributed by atoms with Gasteiger partial charge in [-0.3, -0.25) is 4.79 Å². The van der Waals surface area contributed by atoms with Gasteiger partial charge < -0.3 is 14.4 Å². The molecule has 0 spiro atoms. The number of ether oxygens (including phenoxy) is 2. The molecular formula is C12H21N3O3. The Morgan fingerprint density at radius 1 is 1.39 bits per heavy atom. The van der Waals surface area contributed by atoms with Gasteiger partial charge in [0.15, 0.2) is 5.79 Å². The molecule has 0 aliphatic carbocycles. The zero-order valence-corrected chi connectivity index (χ0v) is 11.1. The zero-order chi connectivity index (χ0) is 13.0. The second-order valence-corrected chi connectivity index (χ2v) is 5.02. The lowest BCUT2D eigenvalue weighted by atomic mass is 10.1. The van der Waals surface area contributed by atoms with Crippen LogP contribution < -0.4 is 5.43 Å². The highest BCUT2D eigenvalue weighted by atomic mass is 16.7. The Kier molecular flexibility index (Phi) is 4.31. The lowest BCUT2D eigenvalue weighted by molar-refractivity contribution is -0.159. The molecule has 6 nitrogen and oxygen atoms in total. The summed E-state index contributed by atoms with van der Waals surface area (Å²) < 4.78 is 10.8. The van der Waals surface area contributed by atoms with Crippen LogP contribution in [-0.4, -0.2) is 55.7 Å². The Hall–Kier alpha value is -0.980. The van der Waals surface area contributed by atoms with Crippen molar-refractivity contribution in [2.75, 3.05) is 33.4 Å². The molecule has 0 unspecified atom stereocenters. The van der Waals surface area contributed by atoms with Crippen molar-refractivity contribution in [3.8, 4) is 0 Å². The first-order valence-electron chi connectivity index (χ1n) is 6.38. The van der Waals surface area contributed by atoms with Gasteiger partial charge in [0.25, 0.3) is 0 Å². The third kappa shape index (κ3) is 3.76. The summed E-state index contributed by atoms with van der Waals surface area (Å²) in [7, 11) is 2.09. The highest BCUT2D eigenvalue weighted by Crippen LogP contribution is 2.22. The van der Waals surface area contributed by atoms with Crippen LogP contribution in [-0.2, 0) is 14.3 Å². The number of amides is 1. The molecule has 0 aromatic rings. The van der Waals surface area contributed by atoms with Crippen LogP contribution in [0.3, 0.4) is 0 Å². The van der Waals surface area contributed by atoms with E-state index >= 15 is 0 Å². The first-order chi connectivity index (χ1) is 8.57. The SMILES string of the molecule is CN1CCC(=NNC(=O)CC2(C)OCCO2)CC1. The maximum absolute atomic E-state index is 11.7. The number of carbonyl (C=O) groups is 1. The van der Waals surface area contributed by atoms with Gasteiger partial charge in [0.1, 0.15) is 0 Å². The molecule has 0 saturated carbocycles. The van der Waals surface area contributed by atoms with E-state index in [1.54, 1.807) is 6.92 Å². The monoisotopic (exact) mass is 255 g/mol. The van der Waals surface area contributed by atoms with E-state index in [0.29, 0.717) is 13.2 Å². The average Bonchev–Trinajstić information content (AvgIpc) is 2.75. The van der Waals surface area contributed by atoms with E-state index in [1.807, 2.05) is 0 Å². The van der Waals surface area contributed by atoms with Gasteiger partial charge in [0.05, 0.1) is 19.6 Å². The number of hydrazone groups is 1. The summed E-state index contributed by atoms with van der Waals surface area (Å²) in [6.45, 7) is 4.87. The highest BCUT2D eigenvalue weighted by Gasteiger charge is 2.33. The van der Waals surface area contributed by atoms with Crippen LogP contribution in [0.15, 0.2) is 5.10 Å². The van der Waals surface area contributed by atoms with E-state index in [2.05, 4.69) is 22.5 Å². The minimum Gasteiger partial charge on any atom is -0.347 e. The number of carbonyl (C=O) groups excluding carboxylic acids is 1. The van der Waals surface area contributed by atoms with Crippen LogP contribution in [0.25, 0.3) is 0 Å². The standard InChI is InChI=1S/C12H21N3O3/c1-12(17-7-8-18-12)9-11(16)14-13-10-3-5-15(2)6-4-10/h3-9H2,1-2H3,(H,14,16). The molecule has 18 heavy (non-hydrogen) atoms. The number of nitrogens with zero attached hydrogens (tertiary/aromatic N) is 2. The number of nitrogens with one attached hydrogen (secondary N) is 1. The van der Waals surface area contributed by atoms with Gasteiger partial charge in [-0.05, 0) is 14.0 Å². The van der Waals surface area contributed by atoms with Crippen molar-refractivity contribution in [2.24, 2.45) is 5.10 Å². The van der Waals surface area contributed by atoms with E-state index in [4.69, 9.17) is 9.47 Å². The predicted molar refractivity (Wildman–Crippen MR) is 67.2 cm³/mol. The third-order valence-corrected chi connectivity index (χ3v) is 3.28. The van der Waals surface area contributed by atoms with E-state index in [-0.39, 0.29) is 12.3 Å². The smallest absolute Gasteiger partial charge is 0.245 e. The Balaban J connectivity index is 1.76. The molecule has 0 atom stereocenters. The summed E-state index contributed by atoms with van der Waals surface area (Å²) in [5.74, 6) is -0.942. The summed E-state index contributed by atoms with van der Waals surface area (Å²) in [5.41, 5.74) is 3.65. The highest BCUT2D eigenvalue weighted by molar-refractivity contribution is 5.87. The molecular weight excluding hydrogens is 234 g/mol. The van der Waals surface area contributed by atoms with Crippen molar-refractivity contribution >= 4 is 11.6 Å². The molecule has 2 aliphatic heterocycles. The lowest BCUT2D eigenvalue weighted by Crippen LogP contribution is -2.35. The van der Waals surface area contributed by atoms with Gasteiger partial charge in [-0.2, -0.15) is 5.10 Å². The van der Waals surface area contributed by atoms with Crippen LogP contribution in [0, 0.1) is 0 Å². The number of rotatable bonds is 3. The van der Waals surface area contributed by atoms with Gasteiger partial charge in [-0.25, -0.2) is 5.43 Å².